The predicted octanol–water partition coefficient (Wildman–Crippen LogP) is 2.85. The number of hydrogen-bond donors (Lipinski definition) is 1. The van der Waals surface area contributed by atoms with Gasteiger partial charge in [-0.25, -0.2) is 0 Å². The van der Waals surface area contributed by atoms with E-state index in [4.69, 9.17) is 25.8 Å². The van der Waals surface area contributed by atoms with Crippen LogP contribution in [-0.4, -0.2) is 31.2 Å². The molecule has 1 aromatic rings. The van der Waals surface area contributed by atoms with Gasteiger partial charge in [0.25, 0.3) is 0 Å². The van der Waals surface area contributed by atoms with E-state index in [1.54, 1.807) is 19.2 Å². The van der Waals surface area contributed by atoms with Crippen LogP contribution in [0.15, 0.2) is 18.2 Å². The summed E-state index contributed by atoms with van der Waals surface area (Å²) in [5.74, 6) is 0.212. The third-order valence-corrected chi connectivity index (χ3v) is 4.66. The zero-order valence-corrected chi connectivity index (χ0v) is 12.3. The summed E-state index contributed by atoms with van der Waals surface area (Å²) in [6.45, 7) is 1.27. The molecule has 3 rings (SSSR count). The Morgan fingerprint density at radius 3 is 2.40 bits per heavy atom. The van der Waals surface area contributed by atoms with Crippen molar-refractivity contribution in [3.63, 3.8) is 0 Å². The largest absolute Gasteiger partial charge is 0.497 e. The second-order valence-corrected chi connectivity index (χ2v) is 5.89. The van der Waals surface area contributed by atoms with Crippen LogP contribution in [0.5, 0.6) is 5.75 Å². The molecule has 1 aliphatic carbocycles. The van der Waals surface area contributed by atoms with Crippen molar-refractivity contribution in [2.24, 2.45) is 0 Å². The number of ether oxygens (including phenoxy) is 3. The lowest BCUT2D eigenvalue weighted by atomic mass is 9.77. The summed E-state index contributed by atoms with van der Waals surface area (Å²) in [4.78, 5) is 0. The quantitative estimate of drug-likeness (QED) is 0.912. The fourth-order valence-corrected chi connectivity index (χ4v) is 3.38. The van der Waals surface area contributed by atoms with Gasteiger partial charge in [0.15, 0.2) is 5.79 Å². The van der Waals surface area contributed by atoms with Gasteiger partial charge in [0.1, 0.15) is 5.75 Å². The van der Waals surface area contributed by atoms with Crippen LogP contribution in [-0.2, 0) is 15.1 Å². The SMILES string of the molecule is COc1ccc(Cl)c(C2(O)CCC3(CC2)OCCO3)c1. The molecule has 5 heteroatoms. The first-order chi connectivity index (χ1) is 9.57. The smallest absolute Gasteiger partial charge is 0.168 e. The Morgan fingerprint density at radius 1 is 1.15 bits per heavy atom. The minimum absolute atomic E-state index is 0.489. The van der Waals surface area contributed by atoms with Crippen molar-refractivity contribution in [3.8, 4) is 5.75 Å². The normalized spacial score (nSPS) is 23.9. The summed E-state index contributed by atoms with van der Waals surface area (Å²) in [7, 11) is 1.60. The summed E-state index contributed by atoms with van der Waals surface area (Å²) < 4.78 is 16.6. The number of halogens is 1. The molecule has 0 bridgehead atoms. The standard InChI is InChI=1S/C15H19ClO4/c1-18-11-2-3-13(16)12(10-11)14(17)4-6-15(7-5-14)19-8-9-20-15/h2-3,10,17H,4-9H2,1H3. The molecular formula is C15H19ClO4. The summed E-state index contributed by atoms with van der Waals surface area (Å²) in [6.07, 6.45) is 2.49. The third-order valence-electron chi connectivity index (χ3n) is 4.33. The molecule has 1 heterocycles. The Bertz CT molecular complexity index is 487. The molecule has 0 atom stereocenters. The van der Waals surface area contributed by atoms with E-state index in [-0.39, 0.29) is 0 Å². The maximum absolute atomic E-state index is 10.9. The van der Waals surface area contributed by atoms with Crippen molar-refractivity contribution in [2.75, 3.05) is 20.3 Å². The fraction of sp³-hybridized carbons (Fsp3) is 0.600. The molecule has 1 spiro atoms. The summed E-state index contributed by atoms with van der Waals surface area (Å²) >= 11 is 6.25. The van der Waals surface area contributed by atoms with E-state index in [2.05, 4.69) is 0 Å². The number of benzene rings is 1. The maximum atomic E-state index is 10.9. The lowest BCUT2D eigenvalue weighted by Crippen LogP contribution is -2.42. The number of rotatable bonds is 2. The van der Waals surface area contributed by atoms with Gasteiger partial charge in [-0.05, 0) is 31.0 Å². The van der Waals surface area contributed by atoms with Gasteiger partial charge in [0, 0.05) is 23.4 Å². The van der Waals surface area contributed by atoms with Gasteiger partial charge in [0.2, 0.25) is 0 Å². The van der Waals surface area contributed by atoms with Crippen LogP contribution in [0.25, 0.3) is 0 Å². The van der Waals surface area contributed by atoms with Crippen LogP contribution < -0.4 is 4.74 Å². The second-order valence-electron chi connectivity index (χ2n) is 5.48. The Morgan fingerprint density at radius 2 is 1.80 bits per heavy atom. The Labute approximate surface area is 123 Å². The molecule has 0 aromatic heterocycles. The lowest BCUT2D eigenvalue weighted by Gasteiger charge is -2.41. The number of aliphatic hydroxyl groups is 1. The van der Waals surface area contributed by atoms with E-state index >= 15 is 0 Å². The zero-order chi connectivity index (χ0) is 14.2. The van der Waals surface area contributed by atoms with Crippen LogP contribution in [0.4, 0.5) is 0 Å². The van der Waals surface area contributed by atoms with E-state index in [1.165, 1.54) is 0 Å². The number of methoxy groups -OCH3 is 1. The van der Waals surface area contributed by atoms with Crippen molar-refractivity contribution < 1.29 is 19.3 Å². The summed E-state index contributed by atoms with van der Waals surface area (Å²) in [6, 6.07) is 5.38. The van der Waals surface area contributed by atoms with Crippen LogP contribution in [0.2, 0.25) is 5.02 Å². The van der Waals surface area contributed by atoms with Crippen molar-refractivity contribution in [2.45, 2.75) is 37.1 Å². The molecular weight excluding hydrogens is 280 g/mol. The van der Waals surface area contributed by atoms with E-state index in [9.17, 15) is 5.11 Å². The molecule has 0 unspecified atom stereocenters. The number of hydrogen-bond acceptors (Lipinski definition) is 4. The van der Waals surface area contributed by atoms with Crippen molar-refractivity contribution >= 4 is 11.6 Å². The third kappa shape index (κ3) is 2.42. The highest BCUT2D eigenvalue weighted by Crippen LogP contribution is 2.47. The van der Waals surface area contributed by atoms with Crippen molar-refractivity contribution in [1.82, 2.24) is 0 Å². The van der Waals surface area contributed by atoms with Gasteiger partial charge in [-0.3, -0.25) is 0 Å². The van der Waals surface area contributed by atoms with Crippen LogP contribution >= 0.6 is 11.6 Å². The van der Waals surface area contributed by atoms with Crippen molar-refractivity contribution in [1.29, 1.82) is 0 Å². The molecule has 2 fully saturated rings. The Hall–Kier alpha value is -0.810. The highest BCUT2D eigenvalue weighted by Gasteiger charge is 2.46. The Balaban J connectivity index is 1.83. The highest BCUT2D eigenvalue weighted by molar-refractivity contribution is 6.31. The van der Waals surface area contributed by atoms with E-state index in [0.717, 1.165) is 5.56 Å². The molecule has 1 aromatic carbocycles. The van der Waals surface area contributed by atoms with Gasteiger partial charge >= 0.3 is 0 Å². The molecule has 20 heavy (non-hydrogen) atoms. The molecule has 2 aliphatic rings. The van der Waals surface area contributed by atoms with Gasteiger partial charge in [-0.1, -0.05) is 11.6 Å². The monoisotopic (exact) mass is 298 g/mol. The topological polar surface area (TPSA) is 47.9 Å². The predicted molar refractivity (Wildman–Crippen MR) is 75.0 cm³/mol. The minimum Gasteiger partial charge on any atom is -0.497 e. The van der Waals surface area contributed by atoms with Crippen LogP contribution in [0.1, 0.15) is 31.2 Å². The molecule has 1 aliphatic heterocycles. The van der Waals surface area contributed by atoms with Gasteiger partial charge in [-0.15, -0.1) is 0 Å². The molecule has 4 nitrogen and oxygen atoms in total. The maximum Gasteiger partial charge on any atom is 0.168 e. The van der Waals surface area contributed by atoms with Gasteiger partial charge < -0.3 is 19.3 Å². The van der Waals surface area contributed by atoms with Gasteiger partial charge in [0.05, 0.1) is 25.9 Å². The van der Waals surface area contributed by atoms with E-state index in [1.807, 2.05) is 6.07 Å². The van der Waals surface area contributed by atoms with E-state index < -0.39 is 11.4 Å². The minimum atomic E-state index is -0.938. The molecule has 110 valence electrons. The molecule has 1 saturated heterocycles. The first-order valence-electron chi connectivity index (χ1n) is 6.91. The van der Waals surface area contributed by atoms with E-state index in [0.29, 0.717) is 49.7 Å². The average Bonchev–Trinajstić information content (AvgIpc) is 2.92. The van der Waals surface area contributed by atoms with Crippen molar-refractivity contribution in [3.05, 3.63) is 28.8 Å². The molecule has 1 N–H and O–H groups in total. The second kappa shape index (κ2) is 5.19. The summed E-state index contributed by atoms with van der Waals surface area (Å²) in [5.41, 5.74) is -0.210. The van der Waals surface area contributed by atoms with Gasteiger partial charge in [-0.2, -0.15) is 0 Å². The van der Waals surface area contributed by atoms with Crippen LogP contribution in [0.3, 0.4) is 0 Å². The Kier molecular flexibility index (Phi) is 3.67. The molecule has 0 radical (unpaired) electrons. The summed E-state index contributed by atoms with van der Waals surface area (Å²) in [5, 5.41) is 11.5. The lowest BCUT2D eigenvalue weighted by molar-refractivity contribution is -0.204. The average molecular weight is 299 g/mol. The highest BCUT2D eigenvalue weighted by atomic mass is 35.5. The zero-order valence-electron chi connectivity index (χ0n) is 11.5. The fourth-order valence-electron chi connectivity index (χ4n) is 3.09. The first kappa shape index (κ1) is 14.1. The first-order valence-corrected chi connectivity index (χ1v) is 7.29. The molecule has 0 amide bonds. The van der Waals surface area contributed by atoms with Crippen LogP contribution in [0, 0.1) is 0 Å². The molecule has 1 saturated carbocycles.